The van der Waals surface area contributed by atoms with E-state index < -0.39 is 10.0 Å². The molecule has 0 heterocycles. The van der Waals surface area contributed by atoms with Crippen LogP contribution in [0.15, 0.2) is 0 Å². The number of hydrogen-bond donors (Lipinski definition) is 1. The maximum Gasteiger partial charge on any atom is 0.214 e. The van der Waals surface area contributed by atoms with Gasteiger partial charge in [0.05, 0.1) is 5.75 Å². The van der Waals surface area contributed by atoms with E-state index >= 15 is 0 Å². The normalized spacial score (nSPS) is 21.5. The van der Waals surface area contributed by atoms with Crippen LogP contribution in [0.1, 0.15) is 64.7 Å². The summed E-state index contributed by atoms with van der Waals surface area (Å²) in [6.45, 7) is 3.57. The Hall–Kier alpha value is -0.130. The van der Waals surface area contributed by atoms with Crippen molar-refractivity contribution in [1.29, 1.82) is 0 Å². The molecule has 0 aromatic rings. The molecular weight excluding hydrogens is 272 g/mol. The molecule has 0 atom stereocenters. The van der Waals surface area contributed by atoms with Crippen molar-refractivity contribution in [1.82, 2.24) is 9.62 Å². The summed E-state index contributed by atoms with van der Waals surface area (Å²) in [5.74, 6) is 0.323. The lowest BCUT2D eigenvalue weighted by atomic mass is 9.95. The van der Waals surface area contributed by atoms with Crippen LogP contribution >= 0.6 is 0 Å². The van der Waals surface area contributed by atoms with Crippen molar-refractivity contribution in [3.8, 4) is 0 Å². The van der Waals surface area contributed by atoms with Gasteiger partial charge in [-0.05, 0) is 45.1 Å². The van der Waals surface area contributed by atoms with E-state index in [2.05, 4.69) is 5.32 Å². The van der Waals surface area contributed by atoms with Gasteiger partial charge in [0.25, 0.3) is 0 Å². The lowest BCUT2D eigenvalue weighted by Gasteiger charge is -2.32. The fourth-order valence-electron chi connectivity index (χ4n) is 3.17. The zero-order valence-electron chi connectivity index (χ0n) is 12.8. The summed E-state index contributed by atoms with van der Waals surface area (Å²) in [7, 11) is -3.05. The molecule has 5 heteroatoms. The predicted molar refractivity (Wildman–Crippen MR) is 83.3 cm³/mol. The zero-order valence-corrected chi connectivity index (χ0v) is 13.6. The van der Waals surface area contributed by atoms with Gasteiger partial charge in [0.2, 0.25) is 10.0 Å². The molecule has 20 heavy (non-hydrogen) atoms. The van der Waals surface area contributed by atoms with Gasteiger partial charge in [0.15, 0.2) is 0 Å². The Kier molecular flexibility index (Phi) is 6.30. The molecule has 0 aliphatic heterocycles. The molecule has 118 valence electrons. The van der Waals surface area contributed by atoms with E-state index in [9.17, 15) is 8.42 Å². The van der Waals surface area contributed by atoms with E-state index in [1.807, 2.05) is 6.92 Å². The first-order valence-electron chi connectivity index (χ1n) is 8.36. The van der Waals surface area contributed by atoms with Crippen LogP contribution in [-0.2, 0) is 10.0 Å². The molecule has 0 radical (unpaired) electrons. The average molecular weight is 302 g/mol. The van der Waals surface area contributed by atoms with Gasteiger partial charge < -0.3 is 5.32 Å². The SMILES string of the molecule is CCN(C1CCCCC1)S(=O)(=O)CCCCNC1CC1. The van der Waals surface area contributed by atoms with Gasteiger partial charge in [-0.15, -0.1) is 0 Å². The van der Waals surface area contributed by atoms with Crippen molar-refractivity contribution < 1.29 is 8.42 Å². The Labute approximate surface area is 124 Å². The van der Waals surface area contributed by atoms with Crippen molar-refractivity contribution in [2.75, 3.05) is 18.8 Å². The third-order valence-electron chi connectivity index (χ3n) is 4.49. The average Bonchev–Trinajstić information content (AvgIpc) is 3.24. The molecule has 1 N–H and O–H groups in total. The second-order valence-electron chi connectivity index (χ2n) is 6.25. The number of rotatable bonds is 9. The van der Waals surface area contributed by atoms with E-state index in [-0.39, 0.29) is 6.04 Å². The van der Waals surface area contributed by atoms with Crippen molar-refractivity contribution in [2.24, 2.45) is 0 Å². The minimum absolute atomic E-state index is 0.267. The number of unbranched alkanes of at least 4 members (excludes halogenated alkanes) is 1. The van der Waals surface area contributed by atoms with Crippen LogP contribution in [-0.4, -0.2) is 43.6 Å². The molecule has 0 aromatic carbocycles. The summed E-state index contributed by atoms with van der Waals surface area (Å²) >= 11 is 0. The highest BCUT2D eigenvalue weighted by atomic mass is 32.2. The summed E-state index contributed by atoms with van der Waals surface area (Å²) in [6, 6.07) is 0.990. The number of sulfonamides is 1. The summed E-state index contributed by atoms with van der Waals surface area (Å²) in [6.07, 6.45) is 10.1. The Balaban J connectivity index is 1.73. The quantitative estimate of drug-likeness (QED) is 0.666. The van der Waals surface area contributed by atoms with E-state index in [1.54, 1.807) is 4.31 Å². The molecule has 2 rings (SSSR count). The third-order valence-corrected chi connectivity index (χ3v) is 6.57. The van der Waals surface area contributed by atoms with E-state index in [0.29, 0.717) is 12.3 Å². The van der Waals surface area contributed by atoms with Crippen molar-refractivity contribution >= 4 is 10.0 Å². The molecule has 2 aliphatic carbocycles. The van der Waals surface area contributed by atoms with E-state index in [1.165, 1.54) is 32.1 Å². The summed E-state index contributed by atoms with van der Waals surface area (Å²) in [4.78, 5) is 0. The van der Waals surface area contributed by atoms with Crippen LogP contribution in [0.5, 0.6) is 0 Å². The Morgan fingerprint density at radius 2 is 1.75 bits per heavy atom. The molecular formula is C15H30N2O2S. The maximum atomic E-state index is 12.5. The van der Waals surface area contributed by atoms with Crippen LogP contribution in [0.3, 0.4) is 0 Å². The van der Waals surface area contributed by atoms with Crippen molar-refractivity contribution in [3.05, 3.63) is 0 Å². The summed E-state index contributed by atoms with van der Waals surface area (Å²) in [5.41, 5.74) is 0. The van der Waals surface area contributed by atoms with Crippen LogP contribution in [0.25, 0.3) is 0 Å². The highest BCUT2D eigenvalue weighted by molar-refractivity contribution is 7.89. The molecule has 0 amide bonds. The van der Waals surface area contributed by atoms with Crippen LogP contribution < -0.4 is 5.32 Å². The molecule has 0 aromatic heterocycles. The Morgan fingerprint density at radius 1 is 1.05 bits per heavy atom. The molecule has 0 saturated heterocycles. The minimum Gasteiger partial charge on any atom is -0.314 e. The number of nitrogens with zero attached hydrogens (tertiary/aromatic N) is 1. The smallest absolute Gasteiger partial charge is 0.214 e. The van der Waals surface area contributed by atoms with Gasteiger partial charge >= 0.3 is 0 Å². The minimum atomic E-state index is -3.05. The van der Waals surface area contributed by atoms with Gasteiger partial charge in [-0.3, -0.25) is 0 Å². The lowest BCUT2D eigenvalue weighted by molar-refractivity contribution is 0.261. The standard InChI is InChI=1S/C15H30N2O2S/c1-2-17(15-8-4-3-5-9-15)20(18,19)13-7-6-12-16-14-10-11-14/h14-16H,2-13H2,1H3. The predicted octanol–water partition coefficient (Wildman–Crippen LogP) is 2.50. The molecule has 0 spiro atoms. The second-order valence-corrected chi connectivity index (χ2v) is 8.29. The topological polar surface area (TPSA) is 49.4 Å². The molecule has 4 nitrogen and oxygen atoms in total. The van der Waals surface area contributed by atoms with Crippen LogP contribution in [0.4, 0.5) is 0 Å². The number of nitrogens with one attached hydrogen (secondary N) is 1. The molecule has 0 bridgehead atoms. The largest absolute Gasteiger partial charge is 0.314 e. The van der Waals surface area contributed by atoms with E-state index in [4.69, 9.17) is 0 Å². The highest BCUT2D eigenvalue weighted by Gasteiger charge is 2.29. The molecule has 0 unspecified atom stereocenters. The Bertz CT molecular complexity index is 373. The van der Waals surface area contributed by atoms with Crippen LogP contribution in [0.2, 0.25) is 0 Å². The van der Waals surface area contributed by atoms with Gasteiger partial charge in [0, 0.05) is 18.6 Å². The molecule has 2 fully saturated rings. The first kappa shape index (κ1) is 16.2. The van der Waals surface area contributed by atoms with Gasteiger partial charge in [-0.25, -0.2) is 8.42 Å². The Morgan fingerprint density at radius 3 is 2.35 bits per heavy atom. The maximum absolute atomic E-state index is 12.5. The van der Waals surface area contributed by atoms with Crippen molar-refractivity contribution in [3.63, 3.8) is 0 Å². The molecule has 2 aliphatic rings. The third kappa shape index (κ3) is 5.01. The number of hydrogen-bond acceptors (Lipinski definition) is 3. The van der Waals surface area contributed by atoms with Gasteiger partial charge in [-0.2, -0.15) is 4.31 Å². The van der Waals surface area contributed by atoms with Gasteiger partial charge in [-0.1, -0.05) is 26.2 Å². The fourth-order valence-corrected chi connectivity index (χ4v) is 5.03. The summed E-state index contributed by atoms with van der Waals surface area (Å²) < 4.78 is 26.7. The van der Waals surface area contributed by atoms with Crippen molar-refractivity contribution in [2.45, 2.75) is 76.8 Å². The molecule has 2 saturated carbocycles. The van der Waals surface area contributed by atoms with Crippen LogP contribution in [0, 0.1) is 0 Å². The van der Waals surface area contributed by atoms with Gasteiger partial charge in [0.1, 0.15) is 0 Å². The fraction of sp³-hybridized carbons (Fsp3) is 1.00. The zero-order chi connectivity index (χ0) is 14.4. The lowest BCUT2D eigenvalue weighted by Crippen LogP contribution is -2.42. The monoisotopic (exact) mass is 302 g/mol. The highest BCUT2D eigenvalue weighted by Crippen LogP contribution is 2.25. The first-order valence-corrected chi connectivity index (χ1v) is 9.97. The van der Waals surface area contributed by atoms with E-state index in [0.717, 1.165) is 38.3 Å². The second kappa shape index (κ2) is 7.76. The first-order chi connectivity index (χ1) is 9.63. The summed E-state index contributed by atoms with van der Waals surface area (Å²) in [5, 5.41) is 3.44.